The summed E-state index contributed by atoms with van der Waals surface area (Å²) in [7, 11) is 0. The normalized spacial score (nSPS) is 11.3. The Morgan fingerprint density at radius 2 is 1.87 bits per heavy atom. The lowest BCUT2D eigenvalue weighted by Gasteiger charge is -2.19. The Morgan fingerprint density at radius 1 is 1.13 bits per heavy atom. The smallest absolute Gasteiger partial charge is 0.337 e. The summed E-state index contributed by atoms with van der Waals surface area (Å²) >= 11 is 12.5. The van der Waals surface area contributed by atoms with E-state index in [1.807, 2.05) is 6.92 Å². The number of phenolic OH excluding ortho intramolecular Hbond substituents is 1. The molecule has 4 rings (SSSR count). The first kappa shape index (κ1) is 20.1. The topological polar surface area (TPSA) is 114 Å². The molecule has 0 saturated carbocycles. The summed E-state index contributed by atoms with van der Waals surface area (Å²) in [4.78, 5) is 24.5. The maximum Gasteiger partial charge on any atom is 0.337 e. The number of carboxylic acids is 1. The number of hydrogen-bond donors (Lipinski definition) is 3. The molecular weight excluding hydrogens is 429 g/mol. The van der Waals surface area contributed by atoms with Gasteiger partial charge in [-0.25, -0.2) is 4.79 Å². The van der Waals surface area contributed by atoms with Crippen LogP contribution in [0.4, 0.5) is 5.69 Å². The van der Waals surface area contributed by atoms with Gasteiger partial charge in [0.25, 0.3) is 0 Å². The molecule has 6 nitrogen and oxygen atoms in total. The molecule has 0 unspecified atom stereocenters. The van der Waals surface area contributed by atoms with Crippen LogP contribution in [0.5, 0.6) is 5.75 Å². The van der Waals surface area contributed by atoms with E-state index in [2.05, 4.69) is 0 Å². The lowest BCUT2D eigenvalue weighted by Crippen LogP contribution is -2.09. The number of aromatic carboxylic acids is 1. The SMILES string of the molecule is CCc1cc2c(-c3cc(Cl)c(N)c(Cl)c3C(=O)O)c3ccc(O)cc3oc-2cc1=O. The third-order valence-corrected chi connectivity index (χ3v) is 5.71. The van der Waals surface area contributed by atoms with Crippen LogP contribution in [0, 0.1) is 0 Å². The molecule has 0 amide bonds. The number of phenols is 1. The first-order chi connectivity index (χ1) is 14.2. The third kappa shape index (κ3) is 3.05. The van der Waals surface area contributed by atoms with Gasteiger partial charge in [-0.2, -0.15) is 0 Å². The molecule has 1 aliphatic carbocycles. The number of halogens is 2. The predicted molar refractivity (Wildman–Crippen MR) is 117 cm³/mol. The molecule has 1 aliphatic heterocycles. The lowest BCUT2D eigenvalue weighted by molar-refractivity contribution is 0.0698. The van der Waals surface area contributed by atoms with Gasteiger partial charge in [-0.15, -0.1) is 0 Å². The van der Waals surface area contributed by atoms with Gasteiger partial charge in [-0.05, 0) is 30.7 Å². The summed E-state index contributed by atoms with van der Waals surface area (Å²) in [5.41, 5.74) is 7.41. The van der Waals surface area contributed by atoms with Crippen LogP contribution < -0.4 is 11.2 Å². The van der Waals surface area contributed by atoms with E-state index in [4.69, 9.17) is 33.4 Å². The fourth-order valence-electron chi connectivity index (χ4n) is 3.56. The number of nitrogen functional groups attached to an aromatic ring is 1. The number of aryl methyl sites for hydroxylation is 1. The van der Waals surface area contributed by atoms with Crippen molar-refractivity contribution in [3.8, 4) is 28.2 Å². The Labute approximate surface area is 180 Å². The fourth-order valence-corrected chi connectivity index (χ4v) is 4.09. The molecular formula is C22H15Cl2NO5. The summed E-state index contributed by atoms with van der Waals surface area (Å²) in [5, 5.41) is 20.2. The molecule has 0 spiro atoms. The number of carbonyl (C=O) groups is 1. The quantitative estimate of drug-likeness (QED) is 0.287. The molecule has 30 heavy (non-hydrogen) atoms. The highest BCUT2D eigenvalue weighted by Gasteiger charge is 2.26. The predicted octanol–water partition coefficient (Wildman–Crippen LogP) is 5.42. The first-order valence-corrected chi connectivity index (χ1v) is 9.72. The number of nitrogens with two attached hydrogens (primary N) is 1. The van der Waals surface area contributed by atoms with Gasteiger partial charge in [0.2, 0.25) is 0 Å². The van der Waals surface area contributed by atoms with Crippen molar-refractivity contribution in [2.45, 2.75) is 13.3 Å². The van der Waals surface area contributed by atoms with Gasteiger partial charge in [-0.3, -0.25) is 4.79 Å². The Morgan fingerprint density at radius 3 is 2.53 bits per heavy atom. The maximum absolute atomic E-state index is 12.4. The number of hydrogen-bond acceptors (Lipinski definition) is 5. The summed E-state index contributed by atoms with van der Waals surface area (Å²) < 4.78 is 5.86. The van der Waals surface area contributed by atoms with Crippen molar-refractivity contribution in [3.05, 3.63) is 67.8 Å². The summed E-state index contributed by atoms with van der Waals surface area (Å²) in [6, 6.07) is 8.90. The van der Waals surface area contributed by atoms with Crippen molar-refractivity contribution in [2.24, 2.45) is 0 Å². The van der Waals surface area contributed by atoms with E-state index < -0.39 is 5.97 Å². The van der Waals surface area contributed by atoms with Crippen LogP contribution >= 0.6 is 23.2 Å². The number of rotatable bonds is 3. The van der Waals surface area contributed by atoms with Crippen molar-refractivity contribution in [2.75, 3.05) is 5.73 Å². The van der Waals surface area contributed by atoms with Crippen LogP contribution in [0.1, 0.15) is 22.8 Å². The second-order valence-corrected chi connectivity index (χ2v) is 7.57. The van der Waals surface area contributed by atoms with Crippen LogP contribution in [0.3, 0.4) is 0 Å². The minimum atomic E-state index is -1.28. The molecule has 2 aromatic rings. The van der Waals surface area contributed by atoms with E-state index in [9.17, 15) is 19.8 Å². The number of anilines is 1. The van der Waals surface area contributed by atoms with Crippen LogP contribution in [0.15, 0.2) is 45.6 Å². The Bertz CT molecular complexity index is 1380. The van der Waals surface area contributed by atoms with Crippen molar-refractivity contribution in [1.29, 1.82) is 0 Å². The van der Waals surface area contributed by atoms with Crippen LogP contribution in [0.2, 0.25) is 10.0 Å². The zero-order chi connectivity index (χ0) is 21.7. The van der Waals surface area contributed by atoms with Gasteiger partial charge in [0, 0.05) is 39.8 Å². The van der Waals surface area contributed by atoms with E-state index in [1.54, 1.807) is 12.1 Å². The largest absolute Gasteiger partial charge is 0.508 e. The lowest BCUT2D eigenvalue weighted by atomic mass is 9.89. The Hall–Kier alpha value is -3.22. The monoisotopic (exact) mass is 443 g/mol. The number of aromatic hydroxyl groups is 1. The van der Waals surface area contributed by atoms with Gasteiger partial charge >= 0.3 is 5.97 Å². The van der Waals surface area contributed by atoms with E-state index in [0.717, 1.165) is 0 Å². The van der Waals surface area contributed by atoms with E-state index in [0.29, 0.717) is 28.5 Å². The average molecular weight is 444 g/mol. The van der Waals surface area contributed by atoms with Gasteiger partial charge in [-0.1, -0.05) is 30.1 Å². The minimum Gasteiger partial charge on any atom is -0.508 e. The second kappa shape index (κ2) is 7.23. The number of fused-ring (bicyclic) bond motifs is 2. The summed E-state index contributed by atoms with van der Waals surface area (Å²) in [5.74, 6) is -1.09. The zero-order valence-electron chi connectivity index (χ0n) is 15.6. The summed E-state index contributed by atoms with van der Waals surface area (Å²) in [6.45, 7) is 1.85. The standard InChI is InChI=1S/C22H15Cl2NO5/c1-2-9-5-12-17(8-15(9)27)30-16-6-10(26)3-4-11(16)18(12)13-7-14(23)21(25)20(24)19(13)22(28)29/h3-8,26H,2,25H2,1H3,(H,28,29). The molecule has 2 aromatic carbocycles. The maximum atomic E-state index is 12.4. The summed E-state index contributed by atoms with van der Waals surface area (Å²) in [6.07, 6.45) is 0.483. The molecule has 0 bridgehead atoms. The molecule has 2 aliphatic rings. The molecule has 4 N–H and O–H groups in total. The highest BCUT2D eigenvalue weighted by molar-refractivity contribution is 6.41. The van der Waals surface area contributed by atoms with Crippen molar-refractivity contribution in [3.63, 3.8) is 0 Å². The molecule has 0 saturated heterocycles. The highest BCUT2D eigenvalue weighted by atomic mass is 35.5. The number of carboxylic acid groups (broad SMARTS) is 1. The minimum absolute atomic E-state index is 0.0394. The fraction of sp³-hybridized carbons (Fsp3) is 0.0909. The van der Waals surface area contributed by atoms with Crippen molar-refractivity contribution in [1.82, 2.24) is 0 Å². The van der Waals surface area contributed by atoms with Crippen molar-refractivity contribution >= 4 is 45.8 Å². The molecule has 8 heteroatoms. The molecule has 152 valence electrons. The zero-order valence-corrected chi connectivity index (χ0v) is 17.1. The molecule has 0 fully saturated rings. The van der Waals surface area contributed by atoms with E-state index >= 15 is 0 Å². The van der Waals surface area contributed by atoms with E-state index in [1.165, 1.54) is 24.3 Å². The molecule has 1 heterocycles. The molecule has 0 atom stereocenters. The highest BCUT2D eigenvalue weighted by Crippen LogP contribution is 2.46. The molecule has 0 aromatic heterocycles. The van der Waals surface area contributed by atoms with E-state index in [-0.39, 0.29) is 49.4 Å². The molecule has 0 radical (unpaired) electrons. The number of benzene rings is 3. The Kier molecular flexibility index (Phi) is 4.84. The third-order valence-electron chi connectivity index (χ3n) is 5.00. The average Bonchev–Trinajstić information content (AvgIpc) is 2.69. The van der Waals surface area contributed by atoms with Gasteiger partial charge in [0.05, 0.1) is 21.3 Å². The Balaban J connectivity index is 2.28. The van der Waals surface area contributed by atoms with Gasteiger partial charge in [0.1, 0.15) is 17.1 Å². The van der Waals surface area contributed by atoms with Crippen molar-refractivity contribution < 1.29 is 19.4 Å². The van der Waals surface area contributed by atoms with Crippen LogP contribution in [0.25, 0.3) is 33.4 Å². The van der Waals surface area contributed by atoms with Gasteiger partial charge < -0.3 is 20.4 Å². The first-order valence-electron chi connectivity index (χ1n) is 8.96. The van der Waals surface area contributed by atoms with Crippen LogP contribution in [-0.2, 0) is 6.42 Å². The second-order valence-electron chi connectivity index (χ2n) is 6.78. The van der Waals surface area contributed by atoms with Gasteiger partial charge in [0.15, 0.2) is 5.43 Å². The van der Waals surface area contributed by atoms with Crippen LogP contribution in [-0.4, -0.2) is 16.2 Å².